The van der Waals surface area contributed by atoms with Crippen LogP contribution in [0.15, 0.2) is 30.3 Å². The molecule has 1 fully saturated rings. The van der Waals surface area contributed by atoms with Crippen LogP contribution in [0.5, 0.6) is 5.75 Å². The molecule has 9 nitrogen and oxygen atoms in total. The van der Waals surface area contributed by atoms with Gasteiger partial charge in [-0.1, -0.05) is 23.7 Å². The van der Waals surface area contributed by atoms with Gasteiger partial charge in [-0.15, -0.1) is 10.2 Å². The van der Waals surface area contributed by atoms with Crippen molar-refractivity contribution in [3.63, 3.8) is 0 Å². The number of aryl methyl sites for hydroxylation is 1. The molecule has 0 bridgehead atoms. The van der Waals surface area contributed by atoms with Gasteiger partial charge < -0.3 is 15.4 Å². The highest BCUT2D eigenvalue weighted by molar-refractivity contribution is 6.31. The molecule has 2 N–H and O–H groups in total. The smallest absolute Gasteiger partial charge is 0.471 e. The van der Waals surface area contributed by atoms with Crippen molar-refractivity contribution < 1.29 is 31.9 Å². The van der Waals surface area contributed by atoms with Crippen molar-refractivity contribution in [1.82, 2.24) is 30.8 Å². The van der Waals surface area contributed by atoms with Crippen molar-refractivity contribution in [3.8, 4) is 28.3 Å². The van der Waals surface area contributed by atoms with Gasteiger partial charge in [0.2, 0.25) is 11.7 Å². The molecule has 2 aromatic carbocycles. The van der Waals surface area contributed by atoms with Crippen LogP contribution in [0.25, 0.3) is 22.5 Å². The zero-order valence-electron chi connectivity index (χ0n) is 19.2. The molecule has 0 radical (unpaired) electrons. The summed E-state index contributed by atoms with van der Waals surface area (Å²) >= 11 is 6.12. The zero-order valence-corrected chi connectivity index (χ0v) is 20.0. The lowest BCUT2D eigenvalue weighted by Gasteiger charge is -2.29. The first-order valence-corrected chi connectivity index (χ1v) is 11.6. The van der Waals surface area contributed by atoms with E-state index in [0.29, 0.717) is 28.9 Å². The molecule has 1 saturated carbocycles. The van der Waals surface area contributed by atoms with Crippen LogP contribution < -0.4 is 15.4 Å². The summed E-state index contributed by atoms with van der Waals surface area (Å²) in [4.78, 5) is 25.4. The van der Waals surface area contributed by atoms with Gasteiger partial charge >= 0.3 is 12.1 Å². The Hall–Kier alpha value is -3.74. The van der Waals surface area contributed by atoms with E-state index >= 15 is 0 Å². The van der Waals surface area contributed by atoms with Crippen LogP contribution in [0, 0.1) is 5.82 Å². The SMILES string of the molecule is Cn1nnc(-c2c(F)cc(Cl)cc2-c2ccc3c(c2)OCCC3NC(=O)C2(NC(=O)C(F)(F)F)CC2)n1. The fraction of sp³-hybridized carbons (Fsp3) is 0.348. The van der Waals surface area contributed by atoms with E-state index in [4.69, 9.17) is 16.3 Å². The molecule has 5 rings (SSSR count). The third-order valence-electron chi connectivity index (χ3n) is 6.25. The van der Waals surface area contributed by atoms with Crippen molar-refractivity contribution >= 4 is 23.4 Å². The van der Waals surface area contributed by atoms with E-state index in [9.17, 15) is 27.2 Å². The summed E-state index contributed by atoms with van der Waals surface area (Å²) in [6, 6.07) is 7.13. The quantitative estimate of drug-likeness (QED) is 0.481. The largest absolute Gasteiger partial charge is 0.493 e. The monoisotopic (exact) mass is 538 g/mol. The fourth-order valence-corrected chi connectivity index (χ4v) is 4.44. The second-order valence-electron chi connectivity index (χ2n) is 8.86. The first-order valence-electron chi connectivity index (χ1n) is 11.2. The number of rotatable bonds is 5. The number of benzene rings is 2. The van der Waals surface area contributed by atoms with Crippen molar-refractivity contribution in [2.24, 2.45) is 7.05 Å². The van der Waals surface area contributed by atoms with Gasteiger partial charge in [-0.05, 0) is 47.4 Å². The summed E-state index contributed by atoms with van der Waals surface area (Å²) < 4.78 is 58.8. The Balaban J connectivity index is 1.43. The average Bonchev–Trinajstić information content (AvgIpc) is 3.49. The minimum atomic E-state index is -5.09. The number of nitrogens with zero attached hydrogens (tertiary/aromatic N) is 4. The van der Waals surface area contributed by atoms with E-state index in [1.165, 1.54) is 4.80 Å². The molecule has 1 atom stereocenters. The number of ether oxygens (including phenoxy) is 1. The predicted molar refractivity (Wildman–Crippen MR) is 122 cm³/mol. The highest BCUT2D eigenvalue weighted by atomic mass is 35.5. The molecule has 2 aliphatic rings. The minimum Gasteiger partial charge on any atom is -0.493 e. The number of fused-ring (bicyclic) bond motifs is 1. The number of halogens is 5. The molecule has 1 unspecified atom stereocenters. The first-order chi connectivity index (χ1) is 17.5. The van der Waals surface area contributed by atoms with E-state index < -0.39 is 35.4 Å². The Morgan fingerprint density at radius 2 is 1.97 bits per heavy atom. The number of tetrazole rings is 1. The topological polar surface area (TPSA) is 111 Å². The van der Waals surface area contributed by atoms with Gasteiger partial charge in [-0.3, -0.25) is 9.59 Å². The molecule has 3 aromatic rings. The lowest BCUT2D eigenvalue weighted by Crippen LogP contribution is -2.53. The summed E-state index contributed by atoms with van der Waals surface area (Å²) in [5.41, 5.74) is 0.0206. The number of aromatic nitrogens is 4. The lowest BCUT2D eigenvalue weighted by atomic mass is 9.93. The van der Waals surface area contributed by atoms with E-state index in [2.05, 4.69) is 20.7 Å². The summed E-state index contributed by atoms with van der Waals surface area (Å²) in [6.45, 7) is 0.214. The third kappa shape index (κ3) is 4.82. The number of alkyl halides is 3. The predicted octanol–water partition coefficient (Wildman–Crippen LogP) is 3.49. The second-order valence-corrected chi connectivity index (χ2v) is 9.30. The summed E-state index contributed by atoms with van der Waals surface area (Å²) in [6.07, 6.45) is -4.51. The Bertz CT molecular complexity index is 1410. The van der Waals surface area contributed by atoms with Gasteiger partial charge in [0.05, 0.1) is 25.3 Å². The fourth-order valence-electron chi connectivity index (χ4n) is 4.24. The van der Waals surface area contributed by atoms with Crippen molar-refractivity contribution in [2.75, 3.05) is 6.61 Å². The second kappa shape index (κ2) is 8.98. The molecule has 0 spiro atoms. The van der Waals surface area contributed by atoms with Gasteiger partial charge in [0.1, 0.15) is 17.1 Å². The molecule has 1 aliphatic heterocycles. The number of hydrogen-bond acceptors (Lipinski definition) is 6. The van der Waals surface area contributed by atoms with E-state index in [0.717, 1.165) is 6.07 Å². The summed E-state index contributed by atoms with van der Waals surface area (Å²) in [5.74, 6) is -3.03. The molecule has 194 valence electrons. The van der Waals surface area contributed by atoms with Gasteiger partial charge in [0, 0.05) is 17.0 Å². The highest BCUT2D eigenvalue weighted by Gasteiger charge is 2.55. The average molecular weight is 539 g/mol. The maximum atomic E-state index is 14.9. The highest BCUT2D eigenvalue weighted by Crippen LogP contribution is 2.42. The van der Waals surface area contributed by atoms with Crippen LogP contribution in [0.2, 0.25) is 5.02 Å². The molecule has 2 heterocycles. The number of carbonyl (C=O) groups excluding carboxylic acids is 2. The van der Waals surface area contributed by atoms with Gasteiger partial charge in [-0.25, -0.2) is 4.39 Å². The summed E-state index contributed by atoms with van der Waals surface area (Å²) in [7, 11) is 1.55. The summed E-state index contributed by atoms with van der Waals surface area (Å²) in [5, 5.41) is 16.4. The van der Waals surface area contributed by atoms with E-state index in [-0.39, 0.29) is 35.9 Å². The number of carbonyl (C=O) groups is 2. The Labute approximate surface area is 212 Å². The van der Waals surface area contributed by atoms with Gasteiger partial charge in [0.25, 0.3) is 0 Å². The Kier molecular flexibility index (Phi) is 6.05. The number of hydrogen-bond donors (Lipinski definition) is 2. The Morgan fingerprint density at radius 3 is 2.62 bits per heavy atom. The van der Waals surface area contributed by atoms with Crippen molar-refractivity contribution in [3.05, 3.63) is 46.7 Å². The van der Waals surface area contributed by atoms with Crippen LogP contribution in [0.3, 0.4) is 0 Å². The maximum absolute atomic E-state index is 14.9. The molecule has 0 saturated heterocycles. The third-order valence-corrected chi connectivity index (χ3v) is 6.47. The number of nitrogens with one attached hydrogen (secondary N) is 2. The minimum absolute atomic E-state index is 0.0612. The van der Waals surface area contributed by atoms with Crippen molar-refractivity contribution in [2.45, 2.75) is 37.0 Å². The number of amides is 2. The molecule has 2 amide bonds. The zero-order chi connectivity index (χ0) is 26.5. The first kappa shape index (κ1) is 24.9. The molecular weight excluding hydrogens is 520 g/mol. The molecular formula is C23H19ClF4N6O3. The van der Waals surface area contributed by atoms with Crippen LogP contribution in [-0.4, -0.2) is 50.3 Å². The normalized spacial score (nSPS) is 17.9. The van der Waals surface area contributed by atoms with E-state index in [1.54, 1.807) is 31.3 Å². The molecule has 37 heavy (non-hydrogen) atoms. The van der Waals surface area contributed by atoms with Crippen LogP contribution >= 0.6 is 11.6 Å². The molecule has 14 heteroatoms. The van der Waals surface area contributed by atoms with Crippen LogP contribution in [-0.2, 0) is 16.6 Å². The molecule has 1 aliphatic carbocycles. The standard InChI is InChI=1S/C23H19ClF4N6O3/c1-34-32-19(31-33-34)18-14(9-12(24)10-15(18)25)11-2-3-13-16(4-7-37-17(13)8-11)29-20(35)22(5-6-22)30-21(36)23(26,27)28/h2-3,8-10,16H,4-7H2,1H3,(H,29,35)(H,30,36). The van der Waals surface area contributed by atoms with E-state index in [1.807, 2.05) is 5.32 Å². The van der Waals surface area contributed by atoms with Crippen LogP contribution in [0.1, 0.15) is 30.9 Å². The lowest BCUT2D eigenvalue weighted by molar-refractivity contribution is -0.175. The van der Waals surface area contributed by atoms with Crippen LogP contribution in [0.4, 0.5) is 17.6 Å². The Morgan fingerprint density at radius 1 is 1.22 bits per heavy atom. The maximum Gasteiger partial charge on any atom is 0.471 e. The van der Waals surface area contributed by atoms with Crippen molar-refractivity contribution in [1.29, 1.82) is 0 Å². The molecule has 1 aromatic heterocycles. The van der Waals surface area contributed by atoms with Gasteiger partial charge in [-0.2, -0.15) is 18.0 Å². The van der Waals surface area contributed by atoms with Gasteiger partial charge in [0.15, 0.2) is 0 Å².